The molecule has 24 heavy (non-hydrogen) atoms. The fourth-order valence-electron chi connectivity index (χ4n) is 2.19. The molecule has 1 radical (unpaired) electrons. The van der Waals surface area contributed by atoms with Gasteiger partial charge in [0.1, 0.15) is 0 Å². The van der Waals surface area contributed by atoms with Crippen LogP contribution in [-0.2, 0) is 26.3 Å². The van der Waals surface area contributed by atoms with Crippen molar-refractivity contribution in [3.05, 3.63) is 48.7 Å². The van der Waals surface area contributed by atoms with E-state index < -0.39 is 8.15 Å². The van der Waals surface area contributed by atoms with Gasteiger partial charge in [-0.2, -0.15) is 12.1 Å². The van der Waals surface area contributed by atoms with Gasteiger partial charge in [-0.25, -0.2) is 0 Å². The summed E-state index contributed by atoms with van der Waals surface area (Å²) in [5.41, 5.74) is 5.63. The molecule has 0 aromatic heterocycles. The fourth-order valence-corrected chi connectivity index (χ4v) is 5.58. The van der Waals surface area contributed by atoms with Gasteiger partial charge in [-0.1, -0.05) is 13.2 Å². The maximum atomic E-state index is 6.28. The molecule has 0 fully saturated rings. The molecule has 0 aliphatic carbocycles. The standard InChI is InChI=1S/C17H29OP2.C3H4.Ir/c1-13(2)19(7)12-16-9-8-10-17(11-16)18-20(14(3)4)15(5)6;1-3-2;/h8-10,13-15H,12H2,1-7H3;1-2H2;/q-1;;/p+2. The predicted molar refractivity (Wildman–Crippen MR) is 112 cm³/mol. The molecule has 0 N–H and O–H groups in total. The van der Waals surface area contributed by atoms with E-state index in [1.54, 1.807) is 0 Å². The van der Waals surface area contributed by atoms with Crippen LogP contribution in [0.3, 0.4) is 0 Å². The summed E-state index contributed by atoms with van der Waals surface area (Å²) in [4.78, 5) is 0. The van der Waals surface area contributed by atoms with E-state index in [2.05, 4.69) is 91.4 Å². The first kappa shape index (κ1) is 26.3. The van der Waals surface area contributed by atoms with Gasteiger partial charge in [-0.15, -0.1) is 23.4 Å². The summed E-state index contributed by atoms with van der Waals surface area (Å²) >= 11 is 0. The Morgan fingerprint density at radius 3 is 1.96 bits per heavy atom. The molecule has 0 amide bonds. The van der Waals surface area contributed by atoms with Crippen molar-refractivity contribution < 1.29 is 24.6 Å². The van der Waals surface area contributed by atoms with Gasteiger partial charge in [-0.05, 0) is 41.5 Å². The summed E-state index contributed by atoms with van der Waals surface area (Å²) in [7, 11) is -1.13. The van der Waals surface area contributed by atoms with E-state index in [-0.39, 0.29) is 28.0 Å². The van der Waals surface area contributed by atoms with Crippen LogP contribution >= 0.6 is 16.1 Å². The average Bonchev–Trinajstić information content (AvgIpc) is 2.45. The van der Waals surface area contributed by atoms with Crippen molar-refractivity contribution in [1.29, 1.82) is 0 Å². The third kappa shape index (κ3) is 10.8. The molecule has 0 heterocycles. The Bertz CT molecular complexity index is 472. The topological polar surface area (TPSA) is 9.23 Å². The minimum atomic E-state index is -0.815. The molecule has 0 aliphatic rings. The second-order valence-electron chi connectivity index (χ2n) is 6.78. The van der Waals surface area contributed by atoms with Crippen molar-refractivity contribution in [3.8, 4) is 5.75 Å². The Morgan fingerprint density at radius 1 is 1.04 bits per heavy atom. The van der Waals surface area contributed by atoms with Gasteiger partial charge in [0.15, 0.2) is 8.15 Å². The van der Waals surface area contributed by atoms with Crippen LogP contribution in [0.2, 0.25) is 0 Å². The summed E-state index contributed by atoms with van der Waals surface area (Å²) in [6, 6.07) is 9.88. The van der Waals surface area contributed by atoms with Gasteiger partial charge in [0.2, 0.25) is 0 Å². The van der Waals surface area contributed by atoms with E-state index in [9.17, 15) is 0 Å². The molecule has 1 nitrogen and oxygen atoms in total. The zero-order chi connectivity index (χ0) is 18.0. The second-order valence-corrected chi connectivity index (χ2v) is 13.3. The molecule has 139 valence electrons. The molecule has 1 aromatic carbocycles. The summed E-state index contributed by atoms with van der Waals surface area (Å²) in [5, 5.41) is 0. The molecular formula is C20H35IrOP2+. The number of hydrogen-bond donors (Lipinski definition) is 0. The van der Waals surface area contributed by atoms with E-state index in [0.29, 0.717) is 11.3 Å². The smallest absolute Gasteiger partial charge is 0.179 e. The first-order valence-corrected chi connectivity index (χ1v) is 12.2. The van der Waals surface area contributed by atoms with Gasteiger partial charge >= 0.3 is 0 Å². The normalized spacial score (nSPS) is 11.6. The van der Waals surface area contributed by atoms with Crippen LogP contribution in [0.15, 0.2) is 37.1 Å². The van der Waals surface area contributed by atoms with E-state index in [1.807, 2.05) is 0 Å². The summed E-state index contributed by atoms with van der Waals surface area (Å²) in [6.45, 7) is 22.4. The molecule has 1 unspecified atom stereocenters. The van der Waals surface area contributed by atoms with Crippen LogP contribution in [0.4, 0.5) is 0 Å². The van der Waals surface area contributed by atoms with Gasteiger partial charge < -0.3 is 4.52 Å². The quantitative estimate of drug-likeness (QED) is 0.215. The van der Waals surface area contributed by atoms with Crippen molar-refractivity contribution in [3.63, 3.8) is 0 Å². The van der Waals surface area contributed by atoms with Crippen LogP contribution in [0.25, 0.3) is 0 Å². The molecule has 0 bridgehead atoms. The van der Waals surface area contributed by atoms with Crippen LogP contribution in [0, 0.1) is 6.07 Å². The largest absolute Gasteiger partial charge is 0.379 e. The van der Waals surface area contributed by atoms with E-state index in [4.69, 9.17) is 4.52 Å². The summed E-state index contributed by atoms with van der Waals surface area (Å²) in [6.07, 6.45) is 1.19. The van der Waals surface area contributed by atoms with Gasteiger partial charge in [0.05, 0.1) is 28.9 Å². The molecule has 0 spiro atoms. The SMILES string of the molecule is C=C=C.CC(C)[PH+](C)Cc1[c-]c(O[PH+](C(C)C)C(C)C)ccc1.[Ir]. The van der Waals surface area contributed by atoms with E-state index in [1.165, 1.54) is 11.7 Å². The van der Waals surface area contributed by atoms with Crippen molar-refractivity contribution in [1.82, 2.24) is 0 Å². The van der Waals surface area contributed by atoms with E-state index in [0.717, 1.165) is 11.4 Å². The molecule has 0 saturated heterocycles. The molecular weight excluding hydrogens is 510 g/mol. The Labute approximate surface area is 166 Å². The van der Waals surface area contributed by atoms with Crippen molar-refractivity contribution in [2.24, 2.45) is 0 Å². The zero-order valence-corrected chi connectivity index (χ0v) is 20.7. The van der Waals surface area contributed by atoms with Gasteiger partial charge in [0, 0.05) is 34.7 Å². The van der Waals surface area contributed by atoms with Crippen molar-refractivity contribution in [2.45, 2.75) is 64.7 Å². The predicted octanol–water partition coefficient (Wildman–Crippen LogP) is 6.52. The summed E-state index contributed by atoms with van der Waals surface area (Å²) in [5.74, 6) is 0.956. The number of benzene rings is 1. The second kappa shape index (κ2) is 14.2. The van der Waals surface area contributed by atoms with Crippen molar-refractivity contribution in [2.75, 3.05) is 6.66 Å². The van der Waals surface area contributed by atoms with E-state index >= 15 is 0 Å². The third-order valence-corrected chi connectivity index (χ3v) is 9.29. The van der Waals surface area contributed by atoms with Crippen LogP contribution in [0.1, 0.15) is 47.1 Å². The van der Waals surface area contributed by atoms with Gasteiger partial charge in [-0.3, -0.25) is 0 Å². The van der Waals surface area contributed by atoms with Crippen molar-refractivity contribution >= 4 is 16.1 Å². The van der Waals surface area contributed by atoms with Crippen LogP contribution in [0.5, 0.6) is 5.75 Å². The molecule has 0 saturated carbocycles. The molecule has 0 aliphatic heterocycles. The summed E-state index contributed by atoms with van der Waals surface area (Å²) < 4.78 is 6.28. The molecule has 1 rings (SSSR count). The molecule has 4 heteroatoms. The Morgan fingerprint density at radius 2 is 1.54 bits per heavy atom. The maximum absolute atomic E-state index is 6.28. The minimum absolute atomic E-state index is 0. The minimum Gasteiger partial charge on any atom is -0.379 e. The van der Waals surface area contributed by atoms with Gasteiger partial charge in [0.25, 0.3) is 0 Å². The Balaban J connectivity index is 0. The Hall–Kier alpha value is 0.0494. The van der Waals surface area contributed by atoms with Crippen LogP contribution in [-0.4, -0.2) is 23.6 Å². The molecule has 1 aromatic rings. The number of hydrogen-bond acceptors (Lipinski definition) is 1. The average molecular weight is 546 g/mol. The fraction of sp³-hybridized carbons (Fsp3) is 0.550. The third-order valence-electron chi connectivity index (χ3n) is 3.65. The van der Waals surface area contributed by atoms with Crippen LogP contribution < -0.4 is 4.52 Å². The first-order valence-electron chi connectivity index (χ1n) is 8.40. The maximum Gasteiger partial charge on any atom is 0.179 e. The molecule has 1 atom stereocenters. The first-order chi connectivity index (χ1) is 10.7. The Kier molecular flexibility index (Phi) is 15.6. The monoisotopic (exact) mass is 546 g/mol. The zero-order valence-electron chi connectivity index (χ0n) is 16.3. The number of rotatable bonds is 7.